The molecule has 3 aromatic rings. The second-order valence-electron chi connectivity index (χ2n) is 9.06. The number of hydrogen-bond donors (Lipinski definition) is 0. The Morgan fingerprint density at radius 2 is 1.64 bits per heavy atom. The third-order valence-corrected chi connectivity index (χ3v) is 5.72. The van der Waals surface area contributed by atoms with Crippen molar-refractivity contribution in [1.82, 2.24) is 9.80 Å². The fourth-order valence-electron chi connectivity index (χ4n) is 3.83. The maximum Gasteiger partial charge on any atom is 0.189 e. The van der Waals surface area contributed by atoms with Crippen LogP contribution in [-0.4, -0.2) is 71.1 Å². The van der Waals surface area contributed by atoms with Crippen LogP contribution in [0.15, 0.2) is 66.7 Å². The highest BCUT2D eigenvalue weighted by molar-refractivity contribution is 6.09. The first-order valence-corrected chi connectivity index (χ1v) is 11.9. The van der Waals surface area contributed by atoms with Gasteiger partial charge in [0.15, 0.2) is 5.78 Å². The maximum atomic E-state index is 13.5. The van der Waals surface area contributed by atoms with E-state index in [4.69, 9.17) is 14.2 Å². The SMILES string of the molecule is COc1ccc(-c2ccc(OCCN(C)C)c(C(=O)C=Cc3ccccc3CN(C)C)c2)c(OC)c1. The Hall–Kier alpha value is -3.61. The van der Waals surface area contributed by atoms with Gasteiger partial charge in [-0.1, -0.05) is 36.4 Å². The Bertz CT molecular complexity index is 1200. The molecule has 0 bridgehead atoms. The Morgan fingerprint density at radius 1 is 0.861 bits per heavy atom. The Morgan fingerprint density at radius 3 is 2.33 bits per heavy atom. The summed E-state index contributed by atoms with van der Waals surface area (Å²) in [5, 5.41) is 0. The molecule has 0 N–H and O–H groups in total. The second kappa shape index (κ2) is 12.9. The summed E-state index contributed by atoms with van der Waals surface area (Å²) in [7, 11) is 11.3. The van der Waals surface area contributed by atoms with Gasteiger partial charge in [0.25, 0.3) is 0 Å². The minimum Gasteiger partial charge on any atom is -0.497 e. The van der Waals surface area contributed by atoms with Gasteiger partial charge in [-0.2, -0.15) is 0 Å². The fourth-order valence-corrected chi connectivity index (χ4v) is 3.83. The lowest BCUT2D eigenvalue weighted by atomic mass is 9.98. The monoisotopic (exact) mass is 488 g/mol. The molecule has 0 radical (unpaired) electrons. The molecular formula is C30H36N2O4. The molecule has 6 nitrogen and oxygen atoms in total. The van der Waals surface area contributed by atoms with Crippen molar-refractivity contribution >= 4 is 11.9 Å². The van der Waals surface area contributed by atoms with E-state index in [1.54, 1.807) is 20.3 Å². The van der Waals surface area contributed by atoms with Crippen molar-refractivity contribution in [3.05, 3.63) is 83.4 Å². The fraction of sp³-hybridized carbons (Fsp3) is 0.300. The largest absolute Gasteiger partial charge is 0.497 e. The van der Waals surface area contributed by atoms with Gasteiger partial charge in [0.2, 0.25) is 0 Å². The van der Waals surface area contributed by atoms with E-state index in [2.05, 4.69) is 11.0 Å². The average Bonchev–Trinajstić information content (AvgIpc) is 2.87. The lowest BCUT2D eigenvalue weighted by Crippen LogP contribution is -2.20. The molecule has 0 heterocycles. The van der Waals surface area contributed by atoms with E-state index in [9.17, 15) is 4.79 Å². The molecule has 0 spiro atoms. The van der Waals surface area contributed by atoms with Gasteiger partial charge in [0, 0.05) is 24.7 Å². The average molecular weight is 489 g/mol. The third-order valence-electron chi connectivity index (χ3n) is 5.72. The lowest BCUT2D eigenvalue weighted by molar-refractivity contribution is 0.104. The van der Waals surface area contributed by atoms with Gasteiger partial charge < -0.3 is 24.0 Å². The molecule has 0 saturated heterocycles. The van der Waals surface area contributed by atoms with Gasteiger partial charge in [0.05, 0.1) is 19.8 Å². The number of allylic oxidation sites excluding steroid dienone is 1. The summed E-state index contributed by atoms with van der Waals surface area (Å²) >= 11 is 0. The number of likely N-dealkylation sites (N-methyl/N-ethyl adjacent to an activating group) is 1. The second-order valence-corrected chi connectivity index (χ2v) is 9.06. The number of carbonyl (C=O) groups is 1. The molecule has 0 unspecified atom stereocenters. The standard InChI is InChI=1S/C30H36N2O4/c1-31(2)17-18-36-29-16-12-23(26-14-13-25(34-5)20-30(26)35-6)19-27(29)28(33)15-11-22-9-7-8-10-24(22)21-32(3)4/h7-16,19-20H,17-18,21H2,1-6H3. The smallest absolute Gasteiger partial charge is 0.189 e. The zero-order valence-electron chi connectivity index (χ0n) is 22.1. The van der Waals surface area contributed by atoms with Gasteiger partial charge in [-0.15, -0.1) is 0 Å². The minimum absolute atomic E-state index is 0.121. The zero-order valence-corrected chi connectivity index (χ0v) is 22.1. The number of benzene rings is 3. The summed E-state index contributed by atoms with van der Waals surface area (Å²) in [4.78, 5) is 17.6. The number of ether oxygens (including phenoxy) is 3. The molecule has 0 fully saturated rings. The van der Waals surface area contributed by atoms with Crippen LogP contribution in [0.5, 0.6) is 17.2 Å². The number of methoxy groups -OCH3 is 2. The first-order valence-electron chi connectivity index (χ1n) is 11.9. The molecule has 3 rings (SSSR count). The molecular weight excluding hydrogens is 452 g/mol. The molecule has 0 atom stereocenters. The first kappa shape index (κ1) is 27.0. The van der Waals surface area contributed by atoms with Crippen molar-refractivity contribution in [3.63, 3.8) is 0 Å². The summed E-state index contributed by atoms with van der Waals surface area (Å²) < 4.78 is 17.0. The molecule has 0 aliphatic carbocycles. The summed E-state index contributed by atoms with van der Waals surface area (Å²) in [5.74, 6) is 1.81. The number of hydrogen-bond acceptors (Lipinski definition) is 6. The van der Waals surface area contributed by atoms with E-state index in [0.717, 1.165) is 35.3 Å². The number of ketones is 1. The Kier molecular flexibility index (Phi) is 9.68. The van der Waals surface area contributed by atoms with Crippen LogP contribution in [0.25, 0.3) is 17.2 Å². The summed E-state index contributed by atoms with van der Waals surface area (Å²) in [5.41, 5.74) is 4.41. The van der Waals surface area contributed by atoms with Crippen LogP contribution in [-0.2, 0) is 6.54 Å². The van der Waals surface area contributed by atoms with E-state index in [1.165, 1.54) is 0 Å². The van der Waals surface area contributed by atoms with Crippen molar-refractivity contribution < 1.29 is 19.0 Å². The van der Waals surface area contributed by atoms with E-state index < -0.39 is 0 Å². The van der Waals surface area contributed by atoms with Gasteiger partial charge >= 0.3 is 0 Å². The normalized spacial score (nSPS) is 11.3. The molecule has 6 heteroatoms. The van der Waals surface area contributed by atoms with Gasteiger partial charge in [-0.05, 0) is 75.2 Å². The van der Waals surface area contributed by atoms with Gasteiger partial charge in [0.1, 0.15) is 23.9 Å². The number of nitrogens with zero attached hydrogens (tertiary/aromatic N) is 2. The van der Waals surface area contributed by atoms with Crippen LogP contribution >= 0.6 is 0 Å². The van der Waals surface area contributed by atoms with Crippen LogP contribution in [0.2, 0.25) is 0 Å². The highest BCUT2D eigenvalue weighted by atomic mass is 16.5. The predicted octanol–water partition coefficient (Wildman–Crippen LogP) is 5.27. The number of rotatable bonds is 12. The van der Waals surface area contributed by atoms with Crippen LogP contribution in [0.3, 0.4) is 0 Å². The third kappa shape index (κ3) is 7.20. The topological polar surface area (TPSA) is 51.2 Å². The van der Waals surface area contributed by atoms with E-state index >= 15 is 0 Å². The molecule has 0 aliphatic heterocycles. The van der Waals surface area contributed by atoms with Crippen molar-refractivity contribution in [2.24, 2.45) is 0 Å². The predicted molar refractivity (Wildman–Crippen MR) is 146 cm³/mol. The van der Waals surface area contributed by atoms with Crippen molar-refractivity contribution in [1.29, 1.82) is 0 Å². The minimum atomic E-state index is -0.121. The van der Waals surface area contributed by atoms with E-state index in [1.807, 2.05) is 93.8 Å². The number of carbonyl (C=O) groups excluding carboxylic acids is 1. The highest BCUT2D eigenvalue weighted by Crippen LogP contribution is 2.35. The van der Waals surface area contributed by atoms with Gasteiger partial charge in [-0.3, -0.25) is 4.79 Å². The molecule has 0 aliphatic rings. The van der Waals surface area contributed by atoms with E-state index in [-0.39, 0.29) is 5.78 Å². The zero-order chi connectivity index (χ0) is 26.1. The van der Waals surface area contributed by atoms with E-state index in [0.29, 0.717) is 29.4 Å². The summed E-state index contributed by atoms with van der Waals surface area (Å²) in [6, 6.07) is 19.4. The maximum absolute atomic E-state index is 13.5. The van der Waals surface area contributed by atoms with Crippen molar-refractivity contribution in [2.45, 2.75) is 6.54 Å². The van der Waals surface area contributed by atoms with Crippen molar-refractivity contribution in [3.8, 4) is 28.4 Å². The molecule has 0 saturated carbocycles. The quantitative estimate of drug-likeness (QED) is 0.256. The van der Waals surface area contributed by atoms with Crippen LogP contribution in [0.4, 0.5) is 0 Å². The molecule has 0 aromatic heterocycles. The molecule has 36 heavy (non-hydrogen) atoms. The van der Waals surface area contributed by atoms with Crippen LogP contribution in [0.1, 0.15) is 21.5 Å². The summed E-state index contributed by atoms with van der Waals surface area (Å²) in [6.07, 6.45) is 3.50. The first-order chi connectivity index (χ1) is 17.3. The Balaban J connectivity index is 1.99. The van der Waals surface area contributed by atoms with Crippen molar-refractivity contribution in [2.75, 3.05) is 55.6 Å². The van der Waals surface area contributed by atoms with Crippen LogP contribution < -0.4 is 14.2 Å². The van der Waals surface area contributed by atoms with Gasteiger partial charge in [-0.25, -0.2) is 0 Å². The summed E-state index contributed by atoms with van der Waals surface area (Å²) in [6.45, 7) is 2.02. The lowest BCUT2D eigenvalue weighted by Gasteiger charge is -2.16. The van der Waals surface area contributed by atoms with Crippen LogP contribution in [0, 0.1) is 0 Å². The Labute approximate surface area is 214 Å². The molecule has 190 valence electrons. The molecule has 3 aromatic carbocycles. The highest BCUT2D eigenvalue weighted by Gasteiger charge is 2.15. The molecule has 0 amide bonds.